The number of amides is 2. The number of carbonyl (C=O) groups excluding carboxylic acids is 3. The van der Waals surface area contributed by atoms with Gasteiger partial charge in [-0.2, -0.15) is 18.4 Å². The van der Waals surface area contributed by atoms with Crippen LogP contribution in [0.25, 0.3) is 11.1 Å². The van der Waals surface area contributed by atoms with Crippen LogP contribution in [0.15, 0.2) is 66.7 Å². The quantitative estimate of drug-likeness (QED) is 0.114. The van der Waals surface area contributed by atoms with Crippen LogP contribution in [-0.2, 0) is 25.3 Å². The number of anilines is 2. The Morgan fingerprint density at radius 2 is 1.56 bits per heavy atom. The van der Waals surface area contributed by atoms with Crippen LogP contribution in [0.3, 0.4) is 0 Å². The Morgan fingerprint density at radius 3 is 2.12 bits per heavy atom. The number of hydrogen-bond acceptors (Lipinski definition) is 7. The van der Waals surface area contributed by atoms with Crippen molar-refractivity contribution in [1.82, 2.24) is 5.32 Å². The standard InChI is InChI=1S/C37H39F3N4O5S/c1-35(2,3)31(22-45)42-32(46)23-48-18-6-7-19-49-29-16-11-25(12-17-29)24-8-13-27(14-9-24)44-34(50)43(33(47)36(44,4)5)28-15-10-26(21-41)30(20-28)37(38,39)40/h8-17,20,22,31H,6-7,18-19,23H2,1-5H3,(H,42,46). The van der Waals surface area contributed by atoms with Crippen molar-refractivity contribution < 1.29 is 37.0 Å². The Morgan fingerprint density at radius 1 is 0.980 bits per heavy atom. The smallest absolute Gasteiger partial charge is 0.417 e. The van der Waals surface area contributed by atoms with E-state index in [9.17, 15) is 27.6 Å². The first kappa shape index (κ1) is 38.0. The molecule has 0 saturated carbocycles. The van der Waals surface area contributed by atoms with Crippen LogP contribution < -0.4 is 19.9 Å². The molecule has 0 bridgehead atoms. The predicted molar refractivity (Wildman–Crippen MR) is 188 cm³/mol. The fraction of sp³-hybridized carbons (Fsp3) is 0.378. The molecule has 0 spiro atoms. The number of aldehydes is 1. The monoisotopic (exact) mass is 708 g/mol. The van der Waals surface area contributed by atoms with E-state index in [1.165, 1.54) is 6.07 Å². The highest BCUT2D eigenvalue weighted by molar-refractivity contribution is 7.81. The Kier molecular flexibility index (Phi) is 11.7. The molecule has 50 heavy (non-hydrogen) atoms. The summed E-state index contributed by atoms with van der Waals surface area (Å²) in [4.78, 5) is 39.4. The summed E-state index contributed by atoms with van der Waals surface area (Å²) < 4.78 is 52.2. The molecule has 0 aliphatic carbocycles. The van der Waals surface area contributed by atoms with Crippen molar-refractivity contribution in [3.8, 4) is 22.9 Å². The Bertz CT molecular complexity index is 1760. The van der Waals surface area contributed by atoms with Crippen LogP contribution in [0.1, 0.15) is 58.6 Å². The predicted octanol–water partition coefficient (Wildman–Crippen LogP) is 7.07. The van der Waals surface area contributed by atoms with Crippen LogP contribution in [0, 0.1) is 16.7 Å². The highest BCUT2D eigenvalue weighted by Crippen LogP contribution is 2.40. The second-order valence-corrected chi connectivity index (χ2v) is 13.7. The summed E-state index contributed by atoms with van der Waals surface area (Å²) in [5, 5.41) is 11.9. The maximum Gasteiger partial charge on any atom is 0.417 e. The number of alkyl halides is 3. The van der Waals surface area contributed by atoms with Crippen LogP contribution in [0.2, 0.25) is 0 Å². The molecule has 264 valence electrons. The highest BCUT2D eigenvalue weighted by atomic mass is 32.1. The largest absolute Gasteiger partial charge is 0.494 e. The van der Waals surface area contributed by atoms with Crippen molar-refractivity contribution in [3.05, 3.63) is 77.9 Å². The number of nitrogens with zero attached hydrogens (tertiary/aromatic N) is 3. The average molecular weight is 709 g/mol. The third-order valence-corrected chi connectivity index (χ3v) is 8.60. The van der Waals surface area contributed by atoms with Gasteiger partial charge < -0.3 is 24.5 Å². The molecule has 1 fully saturated rings. The highest BCUT2D eigenvalue weighted by Gasteiger charge is 2.50. The molecule has 1 atom stereocenters. The van der Waals surface area contributed by atoms with Gasteiger partial charge in [-0.05, 0) is 97.9 Å². The van der Waals surface area contributed by atoms with Crippen molar-refractivity contribution in [2.75, 3.05) is 29.6 Å². The fourth-order valence-electron chi connectivity index (χ4n) is 5.34. The molecule has 1 aliphatic rings. The Hall–Kier alpha value is -4.80. The molecule has 3 aromatic carbocycles. The first-order chi connectivity index (χ1) is 23.5. The van der Waals surface area contributed by atoms with Gasteiger partial charge in [0.05, 0.1) is 35.5 Å². The summed E-state index contributed by atoms with van der Waals surface area (Å²) >= 11 is 5.63. The molecule has 13 heteroatoms. The molecule has 0 radical (unpaired) electrons. The van der Waals surface area contributed by atoms with E-state index >= 15 is 0 Å². The van der Waals surface area contributed by atoms with Gasteiger partial charge in [-0.15, -0.1) is 0 Å². The number of nitriles is 1. The molecule has 1 aliphatic heterocycles. The van der Waals surface area contributed by atoms with E-state index in [1.54, 1.807) is 36.9 Å². The molecule has 4 rings (SSSR count). The summed E-state index contributed by atoms with van der Waals surface area (Å²) in [6.07, 6.45) is -2.65. The molecule has 3 aromatic rings. The molecule has 1 N–H and O–H groups in total. The van der Waals surface area contributed by atoms with Crippen molar-refractivity contribution in [2.24, 2.45) is 5.41 Å². The average Bonchev–Trinajstić information content (AvgIpc) is 3.24. The molecule has 2 amide bonds. The number of thiocarbonyl (C=S) groups is 1. The van der Waals surface area contributed by atoms with E-state index in [2.05, 4.69) is 5.32 Å². The van der Waals surface area contributed by atoms with E-state index in [0.717, 1.165) is 34.4 Å². The topological polar surface area (TPSA) is 112 Å². The van der Waals surface area contributed by atoms with Gasteiger partial charge in [0, 0.05) is 12.3 Å². The van der Waals surface area contributed by atoms with E-state index in [1.807, 2.05) is 57.2 Å². The Balaban J connectivity index is 1.31. The molecule has 9 nitrogen and oxygen atoms in total. The summed E-state index contributed by atoms with van der Waals surface area (Å²) in [5.74, 6) is -0.147. The van der Waals surface area contributed by atoms with Crippen molar-refractivity contribution in [2.45, 2.75) is 65.2 Å². The normalized spacial score (nSPS) is 15.1. The summed E-state index contributed by atoms with van der Waals surface area (Å²) in [6, 6.07) is 18.9. The molecule has 1 heterocycles. The van der Waals surface area contributed by atoms with Gasteiger partial charge in [0.2, 0.25) is 5.91 Å². The first-order valence-corrected chi connectivity index (χ1v) is 16.4. The van der Waals surface area contributed by atoms with Crippen LogP contribution >= 0.6 is 12.2 Å². The zero-order chi connectivity index (χ0) is 36.9. The van der Waals surface area contributed by atoms with Gasteiger partial charge in [0.25, 0.3) is 5.91 Å². The third-order valence-electron chi connectivity index (χ3n) is 8.24. The first-order valence-electron chi connectivity index (χ1n) is 15.9. The van der Waals surface area contributed by atoms with E-state index in [0.29, 0.717) is 37.5 Å². The van der Waals surface area contributed by atoms with Crippen LogP contribution in [0.5, 0.6) is 5.75 Å². The van der Waals surface area contributed by atoms with Gasteiger partial charge in [0.1, 0.15) is 24.2 Å². The van der Waals surface area contributed by atoms with Crippen molar-refractivity contribution in [3.63, 3.8) is 0 Å². The lowest BCUT2D eigenvalue weighted by Crippen LogP contribution is -2.46. The summed E-state index contributed by atoms with van der Waals surface area (Å²) in [7, 11) is 0. The number of hydrogen-bond donors (Lipinski definition) is 1. The van der Waals surface area contributed by atoms with E-state index in [-0.39, 0.29) is 28.7 Å². The minimum atomic E-state index is -4.78. The number of unbranched alkanes of at least 4 members (excludes halogenated alkanes) is 1. The lowest BCUT2D eigenvalue weighted by Gasteiger charge is -2.29. The lowest BCUT2D eigenvalue weighted by atomic mass is 9.88. The summed E-state index contributed by atoms with van der Waals surface area (Å²) in [6.45, 7) is 9.63. The number of benzene rings is 3. The van der Waals surface area contributed by atoms with Gasteiger partial charge in [-0.25, -0.2) is 0 Å². The van der Waals surface area contributed by atoms with Gasteiger partial charge in [-0.3, -0.25) is 14.5 Å². The van der Waals surface area contributed by atoms with Crippen LogP contribution in [-0.4, -0.2) is 54.6 Å². The second kappa shape index (κ2) is 15.4. The van der Waals surface area contributed by atoms with Crippen LogP contribution in [0.4, 0.5) is 24.5 Å². The number of halogens is 3. The number of rotatable bonds is 13. The third kappa shape index (κ3) is 8.67. The van der Waals surface area contributed by atoms with Gasteiger partial charge >= 0.3 is 6.18 Å². The molecule has 1 unspecified atom stereocenters. The maximum atomic E-state index is 13.7. The minimum absolute atomic E-state index is 0.0213. The molecule has 1 saturated heterocycles. The number of carbonyl (C=O) groups is 3. The summed E-state index contributed by atoms with van der Waals surface area (Å²) in [5.41, 5.74) is -0.938. The SMILES string of the molecule is CC(C)(C)C(C=O)NC(=O)COCCCCOc1ccc(-c2ccc(N3C(=S)N(c4ccc(C#N)c(C(F)(F)F)c4)C(=O)C3(C)C)cc2)cc1. The lowest BCUT2D eigenvalue weighted by molar-refractivity contribution is -0.137. The van der Waals surface area contributed by atoms with Gasteiger partial charge in [0.15, 0.2) is 5.11 Å². The number of nitrogens with one attached hydrogen (secondary N) is 1. The maximum absolute atomic E-state index is 13.7. The van der Waals surface area contributed by atoms with Crippen molar-refractivity contribution in [1.29, 1.82) is 5.26 Å². The zero-order valence-electron chi connectivity index (χ0n) is 28.5. The van der Waals surface area contributed by atoms with E-state index in [4.69, 9.17) is 27.0 Å². The molecular weight excluding hydrogens is 669 g/mol. The second-order valence-electron chi connectivity index (χ2n) is 13.4. The number of ether oxygens (including phenoxy) is 2. The molecular formula is C37H39F3N4O5S. The van der Waals surface area contributed by atoms with E-state index < -0.39 is 34.8 Å². The van der Waals surface area contributed by atoms with Crippen molar-refractivity contribution >= 4 is 46.8 Å². The Labute approximate surface area is 295 Å². The van der Waals surface area contributed by atoms with Gasteiger partial charge in [-0.1, -0.05) is 45.0 Å². The zero-order valence-corrected chi connectivity index (χ0v) is 29.3. The minimum Gasteiger partial charge on any atom is -0.494 e. The fourth-order valence-corrected chi connectivity index (χ4v) is 5.86. The molecule has 0 aromatic heterocycles.